The number of hydrogen-bond donors (Lipinski definition) is 0. The second-order valence-electron chi connectivity index (χ2n) is 5.13. The van der Waals surface area contributed by atoms with Crippen molar-refractivity contribution in [1.29, 1.82) is 0 Å². The topological polar surface area (TPSA) is 57.7 Å². The van der Waals surface area contributed by atoms with Crippen molar-refractivity contribution in [2.24, 2.45) is 0 Å². The van der Waals surface area contributed by atoms with Crippen LogP contribution >= 0.6 is 0 Å². The van der Waals surface area contributed by atoms with Gasteiger partial charge in [-0.25, -0.2) is 8.42 Å². The van der Waals surface area contributed by atoms with Gasteiger partial charge in [-0.15, -0.1) is 0 Å². The molecule has 1 saturated heterocycles. The van der Waals surface area contributed by atoms with Crippen LogP contribution in [-0.4, -0.2) is 56.0 Å². The van der Waals surface area contributed by atoms with Crippen LogP contribution in [0, 0.1) is 0 Å². The zero-order chi connectivity index (χ0) is 14.8. The maximum Gasteiger partial charge on any atom is 0.240 e. The highest BCUT2D eigenvalue weighted by atomic mass is 32.2. The highest BCUT2D eigenvalue weighted by Crippen LogP contribution is 2.18. The number of aryl methyl sites for hydroxylation is 1. The van der Waals surface area contributed by atoms with Crippen LogP contribution in [0.15, 0.2) is 30.3 Å². The van der Waals surface area contributed by atoms with E-state index in [4.69, 9.17) is 0 Å². The minimum absolute atomic E-state index is 0.0288. The number of carbonyl (C=O) groups excluding carboxylic acids is 1. The monoisotopic (exact) mass is 296 g/mol. The number of benzene rings is 1. The fourth-order valence-corrected chi connectivity index (χ4v) is 3.74. The van der Waals surface area contributed by atoms with E-state index < -0.39 is 16.1 Å². The standard InChI is InChI=1S/C14H20N2O3S/c1-15-10-8-13(14(15)17)16(2)20(18,19)11-9-12-6-4-3-5-7-12/h3-7,13H,8-11H2,1-2H3/t13-/m1/s1. The van der Waals surface area contributed by atoms with Gasteiger partial charge in [0, 0.05) is 20.6 Å². The summed E-state index contributed by atoms with van der Waals surface area (Å²) in [6.07, 6.45) is 1.03. The molecule has 0 N–H and O–H groups in total. The third kappa shape index (κ3) is 3.19. The van der Waals surface area contributed by atoms with E-state index in [1.54, 1.807) is 11.9 Å². The van der Waals surface area contributed by atoms with E-state index in [0.29, 0.717) is 19.4 Å². The summed E-state index contributed by atoms with van der Waals surface area (Å²) < 4.78 is 25.8. The molecular formula is C14H20N2O3S. The first kappa shape index (κ1) is 15.0. The van der Waals surface area contributed by atoms with Crippen LogP contribution in [0.3, 0.4) is 0 Å². The summed E-state index contributed by atoms with van der Waals surface area (Å²) in [4.78, 5) is 13.5. The van der Waals surface area contributed by atoms with Gasteiger partial charge in [0.05, 0.1) is 5.75 Å². The minimum atomic E-state index is -3.41. The molecule has 1 heterocycles. The molecule has 0 bridgehead atoms. The fourth-order valence-electron chi connectivity index (χ4n) is 2.37. The molecule has 110 valence electrons. The summed E-state index contributed by atoms with van der Waals surface area (Å²) in [5.41, 5.74) is 0.986. The molecule has 1 aromatic carbocycles. The number of hydrogen-bond acceptors (Lipinski definition) is 3. The third-order valence-electron chi connectivity index (χ3n) is 3.77. The predicted molar refractivity (Wildman–Crippen MR) is 77.7 cm³/mol. The maximum atomic E-state index is 12.3. The molecule has 0 saturated carbocycles. The Balaban J connectivity index is 2.01. The highest BCUT2D eigenvalue weighted by Gasteiger charge is 2.37. The zero-order valence-electron chi connectivity index (χ0n) is 11.8. The second-order valence-corrected chi connectivity index (χ2v) is 7.28. The predicted octanol–water partition coefficient (Wildman–Crippen LogP) is 0.721. The smallest absolute Gasteiger partial charge is 0.240 e. The van der Waals surface area contributed by atoms with Crippen LogP contribution in [0.4, 0.5) is 0 Å². The van der Waals surface area contributed by atoms with Gasteiger partial charge in [0.15, 0.2) is 0 Å². The summed E-state index contributed by atoms with van der Waals surface area (Å²) in [7, 11) is -0.209. The number of sulfonamides is 1. The lowest BCUT2D eigenvalue weighted by molar-refractivity contribution is -0.129. The molecular weight excluding hydrogens is 276 g/mol. The molecule has 1 fully saturated rings. The van der Waals surface area contributed by atoms with Crippen molar-refractivity contribution in [3.8, 4) is 0 Å². The van der Waals surface area contributed by atoms with Crippen LogP contribution in [0.2, 0.25) is 0 Å². The number of likely N-dealkylation sites (tertiary alicyclic amines) is 1. The normalized spacial score (nSPS) is 19.9. The van der Waals surface area contributed by atoms with Crippen molar-refractivity contribution >= 4 is 15.9 Å². The van der Waals surface area contributed by atoms with E-state index in [0.717, 1.165) is 5.56 Å². The summed E-state index contributed by atoms with van der Waals surface area (Å²) in [6, 6.07) is 8.95. The lowest BCUT2D eigenvalue weighted by atomic mass is 10.2. The Hall–Kier alpha value is -1.40. The molecule has 0 aromatic heterocycles. The Bertz CT molecular complexity index is 571. The van der Waals surface area contributed by atoms with Crippen LogP contribution in [0.5, 0.6) is 0 Å². The van der Waals surface area contributed by atoms with Gasteiger partial charge < -0.3 is 4.90 Å². The lowest BCUT2D eigenvalue weighted by Gasteiger charge is -2.22. The Labute approximate surface area is 120 Å². The van der Waals surface area contributed by atoms with Crippen LogP contribution in [-0.2, 0) is 21.2 Å². The van der Waals surface area contributed by atoms with Crippen molar-refractivity contribution in [3.05, 3.63) is 35.9 Å². The Morgan fingerprint density at radius 2 is 1.95 bits per heavy atom. The quantitative estimate of drug-likeness (QED) is 0.804. The largest absolute Gasteiger partial charge is 0.344 e. The van der Waals surface area contributed by atoms with Gasteiger partial charge in [0.2, 0.25) is 15.9 Å². The Kier molecular flexibility index (Phi) is 4.45. The van der Waals surface area contributed by atoms with E-state index in [-0.39, 0.29) is 11.7 Å². The van der Waals surface area contributed by atoms with Crippen LogP contribution in [0.1, 0.15) is 12.0 Å². The Morgan fingerprint density at radius 1 is 1.30 bits per heavy atom. The lowest BCUT2D eigenvalue weighted by Crippen LogP contribution is -2.43. The number of nitrogens with zero attached hydrogens (tertiary/aromatic N) is 2. The summed E-state index contributed by atoms with van der Waals surface area (Å²) in [6.45, 7) is 0.613. The summed E-state index contributed by atoms with van der Waals surface area (Å²) in [5.74, 6) is -0.0862. The van der Waals surface area contributed by atoms with Gasteiger partial charge in [-0.1, -0.05) is 30.3 Å². The average Bonchev–Trinajstić information content (AvgIpc) is 2.77. The van der Waals surface area contributed by atoms with Crippen molar-refractivity contribution < 1.29 is 13.2 Å². The summed E-state index contributed by atoms with van der Waals surface area (Å²) in [5, 5.41) is 0. The molecule has 6 heteroatoms. The fraction of sp³-hybridized carbons (Fsp3) is 0.500. The highest BCUT2D eigenvalue weighted by molar-refractivity contribution is 7.89. The molecule has 20 heavy (non-hydrogen) atoms. The SMILES string of the molecule is CN1CC[C@@H](N(C)S(=O)(=O)CCc2ccccc2)C1=O. The van der Waals surface area contributed by atoms with Gasteiger partial charge in [-0.2, -0.15) is 4.31 Å². The average molecular weight is 296 g/mol. The van der Waals surface area contributed by atoms with E-state index in [1.807, 2.05) is 30.3 Å². The number of likely N-dealkylation sites (N-methyl/N-ethyl adjacent to an activating group) is 2. The molecule has 0 aliphatic carbocycles. The number of carbonyl (C=O) groups is 1. The summed E-state index contributed by atoms with van der Waals surface area (Å²) >= 11 is 0. The Morgan fingerprint density at radius 3 is 2.50 bits per heavy atom. The van der Waals surface area contributed by atoms with E-state index >= 15 is 0 Å². The number of rotatable bonds is 5. The third-order valence-corrected chi connectivity index (χ3v) is 5.62. The van der Waals surface area contributed by atoms with Gasteiger partial charge >= 0.3 is 0 Å². The van der Waals surface area contributed by atoms with Crippen molar-refractivity contribution in [2.45, 2.75) is 18.9 Å². The molecule has 1 aliphatic heterocycles. The van der Waals surface area contributed by atoms with E-state index in [2.05, 4.69) is 0 Å². The van der Waals surface area contributed by atoms with E-state index in [1.165, 1.54) is 11.4 Å². The zero-order valence-corrected chi connectivity index (χ0v) is 12.6. The maximum absolute atomic E-state index is 12.3. The molecule has 1 atom stereocenters. The van der Waals surface area contributed by atoms with Gasteiger partial charge in [-0.3, -0.25) is 4.79 Å². The second kappa shape index (κ2) is 5.93. The van der Waals surface area contributed by atoms with Crippen molar-refractivity contribution in [3.63, 3.8) is 0 Å². The molecule has 0 spiro atoms. The molecule has 1 aromatic rings. The molecule has 0 unspecified atom stereocenters. The first-order valence-corrected chi connectivity index (χ1v) is 8.27. The minimum Gasteiger partial charge on any atom is -0.344 e. The van der Waals surface area contributed by atoms with Crippen molar-refractivity contribution in [1.82, 2.24) is 9.21 Å². The van der Waals surface area contributed by atoms with Gasteiger partial charge in [-0.05, 0) is 18.4 Å². The van der Waals surface area contributed by atoms with E-state index in [9.17, 15) is 13.2 Å². The number of amides is 1. The molecule has 1 aliphatic rings. The molecule has 5 nitrogen and oxygen atoms in total. The van der Waals surface area contributed by atoms with Gasteiger partial charge in [0.1, 0.15) is 6.04 Å². The molecule has 2 rings (SSSR count). The van der Waals surface area contributed by atoms with Crippen LogP contribution in [0.25, 0.3) is 0 Å². The van der Waals surface area contributed by atoms with Crippen molar-refractivity contribution in [2.75, 3.05) is 26.4 Å². The van der Waals surface area contributed by atoms with Crippen LogP contribution < -0.4 is 0 Å². The first-order chi connectivity index (χ1) is 9.42. The first-order valence-electron chi connectivity index (χ1n) is 6.66. The van der Waals surface area contributed by atoms with Gasteiger partial charge in [0.25, 0.3) is 0 Å². The molecule has 1 amide bonds. The molecule has 0 radical (unpaired) electrons.